The molecule has 136 valence electrons. The molecule has 1 saturated carbocycles. The van der Waals surface area contributed by atoms with Gasteiger partial charge < -0.3 is 14.4 Å². The second-order valence-corrected chi connectivity index (χ2v) is 7.88. The van der Waals surface area contributed by atoms with E-state index in [9.17, 15) is 9.59 Å². The Balaban J connectivity index is 1.44. The minimum atomic E-state index is -0.174. The molecule has 3 heterocycles. The zero-order valence-electron chi connectivity index (χ0n) is 14.8. The van der Waals surface area contributed by atoms with Crippen LogP contribution in [0.25, 0.3) is 11.4 Å². The van der Waals surface area contributed by atoms with Crippen molar-refractivity contribution in [2.75, 3.05) is 6.54 Å². The number of hydrogen-bond donors (Lipinski definition) is 1. The van der Waals surface area contributed by atoms with Gasteiger partial charge in [0.05, 0.1) is 11.5 Å². The summed E-state index contributed by atoms with van der Waals surface area (Å²) in [5, 5.41) is 4.03. The van der Waals surface area contributed by atoms with Gasteiger partial charge in [-0.1, -0.05) is 12.1 Å². The van der Waals surface area contributed by atoms with E-state index in [0.29, 0.717) is 42.2 Å². The topological polar surface area (TPSA) is 92.1 Å². The molecule has 3 aliphatic rings. The molecule has 1 N–H and O–H groups in total. The number of fused-ring (bicyclic) bond motifs is 1. The van der Waals surface area contributed by atoms with Gasteiger partial charge in [0.1, 0.15) is 0 Å². The third-order valence-corrected chi connectivity index (χ3v) is 5.91. The molecule has 0 aromatic carbocycles. The zero-order chi connectivity index (χ0) is 17.8. The Morgan fingerprint density at radius 1 is 1.27 bits per heavy atom. The van der Waals surface area contributed by atoms with Crippen LogP contribution in [0.5, 0.6) is 0 Å². The monoisotopic (exact) mass is 354 g/mol. The number of likely N-dealkylation sites (tertiary alicyclic amines) is 1. The second kappa shape index (κ2) is 5.79. The van der Waals surface area contributed by atoms with Gasteiger partial charge in [-0.2, -0.15) is 4.98 Å². The lowest BCUT2D eigenvalue weighted by Gasteiger charge is -2.21. The van der Waals surface area contributed by atoms with E-state index in [1.165, 1.54) is 5.56 Å². The summed E-state index contributed by atoms with van der Waals surface area (Å²) < 4.78 is 5.43. The van der Waals surface area contributed by atoms with Crippen molar-refractivity contribution in [3.63, 3.8) is 0 Å². The minimum Gasteiger partial charge on any atom is -0.339 e. The molecule has 5 rings (SSSR count). The number of carbonyl (C=O) groups excluding carboxylic acids is 1. The number of nitrogens with zero attached hydrogens (tertiary/aromatic N) is 3. The first-order valence-electron chi connectivity index (χ1n) is 9.49. The van der Waals surface area contributed by atoms with Crippen molar-refractivity contribution >= 4 is 5.91 Å². The fraction of sp³-hybridized carbons (Fsp3) is 0.579. The van der Waals surface area contributed by atoms with Crippen molar-refractivity contribution in [1.29, 1.82) is 0 Å². The highest BCUT2D eigenvalue weighted by molar-refractivity contribution is 5.80. The number of aromatic amines is 1. The van der Waals surface area contributed by atoms with Gasteiger partial charge in [0.15, 0.2) is 0 Å². The SMILES string of the molecule is CC1CCCc2cc(-c3noc(C4CC(=O)N(C5CC5)C4)n3)c(=O)[nH]c21. The van der Waals surface area contributed by atoms with Gasteiger partial charge in [0.2, 0.25) is 17.6 Å². The first-order chi connectivity index (χ1) is 12.6. The maximum absolute atomic E-state index is 12.5. The Labute approximate surface area is 150 Å². The van der Waals surface area contributed by atoms with E-state index in [0.717, 1.165) is 37.8 Å². The number of carbonyl (C=O) groups is 1. The van der Waals surface area contributed by atoms with Crippen LogP contribution in [0.3, 0.4) is 0 Å². The first kappa shape index (κ1) is 15.8. The number of amides is 1. The maximum atomic E-state index is 12.5. The van der Waals surface area contributed by atoms with E-state index < -0.39 is 0 Å². The fourth-order valence-electron chi connectivity index (χ4n) is 4.29. The van der Waals surface area contributed by atoms with Crippen LogP contribution < -0.4 is 5.56 Å². The largest absolute Gasteiger partial charge is 0.339 e. The maximum Gasteiger partial charge on any atom is 0.259 e. The van der Waals surface area contributed by atoms with Gasteiger partial charge >= 0.3 is 0 Å². The molecule has 7 nitrogen and oxygen atoms in total. The third-order valence-electron chi connectivity index (χ3n) is 5.91. The number of aryl methyl sites for hydroxylation is 1. The number of nitrogens with one attached hydrogen (secondary N) is 1. The molecule has 2 aliphatic carbocycles. The van der Waals surface area contributed by atoms with Crippen LogP contribution in [-0.4, -0.2) is 38.5 Å². The van der Waals surface area contributed by atoms with Crippen LogP contribution in [0.2, 0.25) is 0 Å². The predicted molar refractivity (Wildman–Crippen MR) is 93.8 cm³/mol. The van der Waals surface area contributed by atoms with Gasteiger partial charge in [-0.15, -0.1) is 0 Å². The molecule has 0 radical (unpaired) electrons. The molecule has 2 atom stereocenters. The second-order valence-electron chi connectivity index (χ2n) is 7.88. The molecule has 7 heteroatoms. The number of rotatable bonds is 3. The first-order valence-corrected chi connectivity index (χ1v) is 9.49. The van der Waals surface area contributed by atoms with Crippen molar-refractivity contribution < 1.29 is 9.32 Å². The summed E-state index contributed by atoms with van der Waals surface area (Å²) in [6.45, 7) is 2.78. The molecule has 2 fully saturated rings. The molecule has 26 heavy (non-hydrogen) atoms. The van der Waals surface area contributed by atoms with Crippen molar-refractivity contribution in [3.05, 3.63) is 33.6 Å². The summed E-state index contributed by atoms with van der Waals surface area (Å²) in [5.74, 6) is 1.25. The van der Waals surface area contributed by atoms with Crippen LogP contribution in [0.1, 0.15) is 68.0 Å². The lowest BCUT2D eigenvalue weighted by molar-refractivity contribution is -0.128. The molecule has 0 bridgehead atoms. The Morgan fingerprint density at radius 3 is 2.92 bits per heavy atom. The molecular formula is C19H22N4O3. The average Bonchev–Trinajstić information content (AvgIpc) is 3.21. The Hall–Kier alpha value is -2.44. The van der Waals surface area contributed by atoms with E-state index in [1.807, 2.05) is 11.0 Å². The number of hydrogen-bond acceptors (Lipinski definition) is 5. The third kappa shape index (κ3) is 2.57. The summed E-state index contributed by atoms with van der Waals surface area (Å²) in [6, 6.07) is 2.31. The Morgan fingerprint density at radius 2 is 2.12 bits per heavy atom. The lowest BCUT2D eigenvalue weighted by Crippen LogP contribution is -2.27. The van der Waals surface area contributed by atoms with Crippen molar-refractivity contribution in [2.45, 2.75) is 63.3 Å². The normalized spacial score (nSPS) is 25.6. The van der Waals surface area contributed by atoms with Gasteiger partial charge in [0.25, 0.3) is 5.56 Å². The van der Waals surface area contributed by atoms with Crippen LogP contribution in [0.4, 0.5) is 0 Å². The standard InChI is InChI=1S/C19H22N4O3/c1-10-3-2-4-11-7-14(18(25)20-16(10)11)17-21-19(26-22-17)12-8-15(24)23(9-12)13-5-6-13/h7,10,12-13H,2-6,8-9H2,1H3,(H,20,25). The van der Waals surface area contributed by atoms with E-state index in [4.69, 9.17) is 4.52 Å². The van der Waals surface area contributed by atoms with Gasteiger partial charge in [-0.3, -0.25) is 9.59 Å². The molecule has 2 unspecified atom stereocenters. The van der Waals surface area contributed by atoms with E-state index in [2.05, 4.69) is 22.0 Å². The van der Waals surface area contributed by atoms with Crippen LogP contribution >= 0.6 is 0 Å². The van der Waals surface area contributed by atoms with Gasteiger partial charge in [0, 0.05) is 24.7 Å². The minimum absolute atomic E-state index is 0.0684. The molecule has 1 saturated heterocycles. The van der Waals surface area contributed by atoms with Crippen LogP contribution in [-0.2, 0) is 11.2 Å². The predicted octanol–water partition coefficient (Wildman–Crippen LogP) is 2.34. The number of pyridine rings is 1. The molecule has 1 aliphatic heterocycles. The molecule has 0 spiro atoms. The molecule has 2 aromatic rings. The van der Waals surface area contributed by atoms with Crippen molar-refractivity contribution in [1.82, 2.24) is 20.0 Å². The summed E-state index contributed by atoms with van der Waals surface area (Å²) in [7, 11) is 0. The Bertz CT molecular complexity index is 927. The summed E-state index contributed by atoms with van der Waals surface area (Å²) in [6.07, 6.45) is 5.78. The van der Waals surface area contributed by atoms with Crippen molar-refractivity contribution in [2.24, 2.45) is 0 Å². The smallest absolute Gasteiger partial charge is 0.259 e. The van der Waals surface area contributed by atoms with E-state index >= 15 is 0 Å². The van der Waals surface area contributed by atoms with E-state index in [-0.39, 0.29) is 17.4 Å². The number of H-pyrrole nitrogens is 1. The summed E-state index contributed by atoms with van der Waals surface area (Å²) in [5.41, 5.74) is 2.49. The highest BCUT2D eigenvalue weighted by Crippen LogP contribution is 2.36. The lowest BCUT2D eigenvalue weighted by atomic mass is 9.87. The highest BCUT2D eigenvalue weighted by Gasteiger charge is 2.41. The number of aromatic nitrogens is 3. The highest BCUT2D eigenvalue weighted by atomic mass is 16.5. The fourth-order valence-corrected chi connectivity index (χ4v) is 4.29. The van der Waals surface area contributed by atoms with Gasteiger partial charge in [-0.05, 0) is 49.7 Å². The molecular weight excluding hydrogens is 332 g/mol. The average molecular weight is 354 g/mol. The summed E-state index contributed by atoms with van der Waals surface area (Å²) in [4.78, 5) is 34.1. The van der Waals surface area contributed by atoms with Crippen LogP contribution in [0, 0.1) is 0 Å². The quantitative estimate of drug-likeness (QED) is 0.913. The molecule has 1 amide bonds. The zero-order valence-corrected chi connectivity index (χ0v) is 14.8. The van der Waals surface area contributed by atoms with E-state index in [1.54, 1.807) is 0 Å². The van der Waals surface area contributed by atoms with Crippen LogP contribution in [0.15, 0.2) is 15.4 Å². The van der Waals surface area contributed by atoms with Gasteiger partial charge in [-0.25, -0.2) is 0 Å². The Kier molecular flexibility index (Phi) is 3.52. The molecule has 2 aromatic heterocycles. The summed E-state index contributed by atoms with van der Waals surface area (Å²) >= 11 is 0. The van der Waals surface area contributed by atoms with Crippen molar-refractivity contribution in [3.8, 4) is 11.4 Å².